The molecule has 3 aliphatic rings. The van der Waals surface area contributed by atoms with Crippen LogP contribution in [0.5, 0.6) is 0 Å². The minimum absolute atomic E-state index is 0.341. The van der Waals surface area contributed by atoms with Crippen molar-refractivity contribution in [3.63, 3.8) is 0 Å². The summed E-state index contributed by atoms with van der Waals surface area (Å²) >= 11 is 0. The molecule has 6 nitrogen and oxygen atoms in total. The number of carbonyl (C=O) groups is 2. The molecule has 1 heterocycles. The first-order valence-corrected chi connectivity index (χ1v) is 12.2. The number of aryl methyl sites for hydroxylation is 1. The van der Waals surface area contributed by atoms with Gasteiger partial charge in [-0.15, -0.1) is 0 Å². The van der Waals surface area contributed by atoms with Gasteiger partial charge in [0, 0.05) is 37.4 Å². The lowest BCUT2D eigenvalue weighted by Gasteiger charge is -2.39. The van der Waals surface area contributed by atoms with E-state index >= 15 is 0 Å². The Morgan fingerprint density at radius 2 is 1.91 bits per heavy atom. The van der Waals surface area contributed by atoms with Crippen molar-refractivity contribution >= 4 is 17.6 Å². The number of nitrogens with zero attached hydrogens (tertiary/aromatic N) is 2. The third kappa shape index (κ3) is 5.34. The molecule has 174 valence electrons. The highest BCUT2D eigenvalue weighted by molar-refractivity contribution is 5.93. The van der Waals surface area contributed by atoms with Crippen LogP contribution in [-0.2, 0) is 14.3 Å². The van der Waals surface area contributed by atoms with E-state index in [4.69, 9.17) is 10.5 Å². The molecule has 0 atom stereocenters. The van der Waals surface area contributed by atoms with Crippen LogP contribution < -0.4 is 10.6 Å². The van der Waals surface area contributed by atoms with Gasteiger partial charge in [-0.1, -0.05) is 18.2 Å². The smallest absolute Gasteiger partial charge is 0.334 e. The highest BCUT2D eigenvalue weighted by atomic mass is 16.6. The molecule has 32 heavy (non-hydrogen) atoms. The van der Waals surface area contributed by atoms with Gasteiger partial charge < -0.3 is 15.4 Å². The third-order valence-corrected chi connectivity index (χ3v) is 7.55. The Labute approximate surface area is 191 Å². The highest BCUT2D eigenvalue weighted by Crippen LogP contribution is 2.37. The first-order valence-electron chi connectivity index (χ1n) is 12.2. The maximum absolute atomic E-state index is 12.5. The third-order valence-electron chi connectivity index (χ3n) is 7.55. The molecule has 1 aromatic carbocycles. The number of rotatable bonds is 7. The molecular formula is C26H37N3O3. The zero-order valence-corrected chi connectivity index (χ0v) is 19.4. The molecule has 6 heteroatoms. The molecule has 4 rings (SSSR count). The molecule has 1 aliphatic heterocycles. The molecule has 0 aromatic heterocycles. The Morgan fingerprint density at radius 1 is 1.16 bits per heavy atom. The largest absolute Gasteiger partial charge is 0.446 e. The van der Waals surface area contributed by atoms with Crippen molar-refractivity contribution in [1.82, 2.24) is 4.90 Å². The fourth-order valence-corrected chi connectivity index (χ4v) is 5.35. The molecule has 1 saturated heterocycles. The molecule has 2 aliphatic carbocycles. The van der Waals surface area contributed by atoms with E-state index in [1.54, 1.807) is 0 Å². The molecule has 0 radical (unpaired) electrons. The van der Waals surface area contributed by atoms with E-state index in [2.05, 4.69) is 41.0 Å². The summed E-state index contributed by atoms with van der Waals surface area (Å²) < 4.78 is 5.73. The number of hydrogen-bond donors (Lipinski definition) is 1. The number of nitrogens with two attached hydrogens (primary N) is 1. The lowest BCUT2D eigenvalue weighted by atomic mass is 9.77. The van der Waals surface area contributed by atoms with E-state index in [0.29, 0.717) is 24.3 Å². The molecule has 2 N–H and O–H groups in total. The second-order valence-electron chi connectivity index (χ2n) is 9.77. The number of allylic oxidation sites excluding steroid dienone is 1. The van der Waals surface area contributed by atoms with Crippen LogP contribution in [0.1, 0.15) is 56.9 Å². The van der Waals surface area contributed by atoms with Crippen LogP contribution in [0.15, 0.2) is 35.9 Å². The first-order chi connectivity index (χ1) is 15.4. The Bertz CT molecular complexity index is 850. The van der Waals surface area contributed by atoms with Crippen LogP contribution in [0.25, 0.3) is 0 Å². The molecule has 1 amide bonds. The predicted octanol–water partition coefficient (Wildman–Crippen LogP) is 3.57. The van der Waals surface area contributed by atoms with E-state index in [1.165, 1.54) is 11.3 Å². The second-order valence-corrected chi connectivity index (χ2v) is 9.77. The van der Waals surface area contributed by atoms with E-state index in [1.807, 2.05) is 6.08 Å². The van der Waals surface area contributed by atoms with Gasteiger partial charge in [0.05, 0.1) is 0 Å². The zero-order chi connectivity index (χ0) is 22.6. The van der Waals surface area contributed by atoms with Crippen molar-refractivity contribution in [2.24, 2.45) is 11.7 Å². The molecule has 0 bridgehead atoms. The fourth-order valence-electron chi connectivity index (χ4n) is 5.35. The van der Waals surface area contributed by atoms with Gasteiger partial charge in [-0.05, 0) is 88.4 Å². The number of anilines is 1. The van der Waals surface area contributed by atoms with Crippen LogP contribution in [0.3, 0.4) is 0 Å². The van der Waals surface area contributed by atoms with Gasteiger partial charge in [0.25, 0.3) is 5.91 Å². The summed E-state index contributed by atoms with van der Waals surface area (Å²) in [5.41, 5.74) is 7.93. The lowest BCUT2D eigenvalue weighted by Crippen LogP contribution is -2.50. The number of benzene rings is 1. The van der Waals surface area contributed by atoms with Crippen molar-refractivity contribution in [1.29, 1.82) is 0 Å². The Morgan fingerprint density at radius 3 is 2.53 bits per heavy atom. The summed E-state index contributed by atoms with van der Waals surface area (Å²) in [7, 11) is 0. The van der Waals surface area contributed by atoms with Crippen LogP contribution in [0, 0.1) is 12.8 Å². The molecule has 1 aromatic rings. The van der Waals surface area contributed by atoms with Crippen LogP contribution in [0.4, 0.5) is 5.69 Å². The Balaban J connectivity index is 1.21. The van der Waals surface area contributed by atoms with E-state index in [-0.39, 0.29) is 5.97 Å². The second kappa shape index (κ2) is 10.1. The minimum Gasteiger partial charge on any atom is -0.446 e. The lowest BCUT2D eigenvalue weighted by molar-refractivity contribution is -0.168. The van der Waals surface area contributed by atoms with Crippen molar-refractivity contribution in [2.75, 3.05) is 37.6 Å². The van der Waals surface area contributed by atoms with Gasteiger partial charge in [-0.3, -0.25) is 9.69 Å². The average molecular weight is 440 g/mol. The summed E-state index contributed by atoms with van der Waals surface area (Å²) in [5, 5.41) is 0. The highest BCUT2D eigenvalue weighted by Gasteiger charge is 2.44. The quantitative estimate of drug-likeness (QED) is 0.658. The summed E-state index contributed by atoms with van der Waals surface area (Å²) in [5.74, 6) is -0.275. The van der Waals surface area contributed by atoms with E-state index < -0.39 is 11.5 Å². The van der Waals surface area contributed by atoms with Gasteiger partial charge in [-0.25, -0.2) is 4.79 Å². The first kappa shape index (κ1) is 22.8. The fraction of sp³-hybridized carbons (Fsp3) is 0.615. The molecule has 1 saturated carbocycles. The molecule has 2 fully saturated rings. The van der Waals surface area contributed by atoms with Crippen molar-refractivity contribution in [3.8, 4) is 0 Å². The monoisotopic (exact) mass is 439 g/mol. The number of ether oxygens (including phenoxy) is 1. The summed E-state index contributed by atoms with van der Waals surface area (Å²) in [6.07, 6.45) is 8.56. The zero-order valence-electron chi connectivity index (χ0n) is 19.4. The minimum atomic E-state index is -1.11. The standard InChI is InChI=1S/C26H37N3O3/c1-20-5-4-8-23(19-20)29-17-15-28(16-18-29)14-11-21-9-12-26(13-10-21,25(27)31)32-24(30)22-6-2-3-7-22/h4-6,8,19,21H,2-3,7,9-18H2,1H3,(H2,27,31). The number of hydrogen-bond acceptors (Lipinski definition) is 5. The number of piperazine rings is 1. The summed E-state index contributed by atoms with van der Waals surface area (Å²) in [4.78, 5) is 29.7. The number of primary amides is 1. The Hall–Kier alpha value is -2.34. The van der Waals surface area contributed by atoms with Crippen LogP contribution >= 0.6 is 0 Å². The summed E-state index contributed by atoms with van der Waals surface area (Å²) in [6.45, 7) is 7.51. The van der Waals surface area contributed by atoms with Crippen LogP contribution in [0.2, 0.25) is 0 Å². The molecule has 0 spiro atoms. The van der Waals surface area contributed by atoms with Gasteiger partial charge in [-0.2, -0.15) is 0 Å². The molecular weight excluding hydrogens is 402 g/mol. The number of esters is 1. The summed E-state index contributed by atoms with van der Waals surface area (Å²) in [6, 6.07) is 8.74. The van der Waals surface area contributed by atoms with E-state index in [9.17, 15) is 9.59 Å². The normalized spacial score (nSPS) is 26.6. The Kier molecular flexibility index (Phi) is 7.19. The van der Waals surface area contributed by atoms with Crippen molar-refractivity contribution in [3.05, 3.63) is 41.5 Å². The average Bonchev–Trinajstić information content (AvgIpc) is 3.34. The van der Waals surface area contributed by atoms with E-state index in [0.717, 1.165) is 71.2 Å². The number of amides is 1. The maximum Gasteiger partial charge on any atom is 0.334 e. The van der Waals surface area contributed by atoms with Gasteiger partial charge >= 0.3 is 5.97 Å². The van der Waals surface area contributed by atoms with Crippen molar-refractivity contribution in [2.45, 2.75) is 63.9 Å². The maximum atomic E-state index is 12.5. The number of carbonyl (C=O) groups excluding carboxylic acids is 2. The van der Waals surface area contributed by atoms with Gasteiger partial charge in [0.2, 0.25) is 0 Å². The predicted molar refractivity (Wildman–Crippen MR) is 126 cm³/mol. The topological polar surface area (TPSA) is 75.9 Å². The van der Waals surface area contributed by atoms with Gasteiger partial charge in [0.15, 0.2) is 5.60 Å². The van der Waals surface area contributed by atoms with Crippen LogP contribution in [-0.4, -0.2) is 55.1 Å². The molecule has 0 unspecified atom stereocenters. The SMILES string of the molecule is Cc1cccc(N2CCN(CCC3CCC(OC(=O)C4=CCCC4)(C(N)=O)CC3)CC2)c1. The van der Waals surface area contributed by atoms with Crippen molar-refractivity contribution < 1.29 is 14.3 Å². The van der Waals surface area contributed by atoms with Gasteiger partial charge in [0.1, 0.15) is 0 Å².